The number of carbonyl (C=O) groups is 4. The van der Waals surface area contributed by atoms with Crippen LogP contribution in [-0.4, -0.2) is 56.3 Å². The van der Waals surface area contributed by atoms with Crippen LogP contribution in [0.2, 0.25) is 0 Å². The molecule has 0 radical (unpaired) electrons. The van der Waals surface area contributed by atoms with E-state index in [4.69, 9.17) is 0 Å². The van der Waals surface area contributed by atoms with Crippen LogP contribution in [0.4, 0.5) is 0 Å². The van der Waals surface area contributed by atoms with Crippen LogP contribution in [-0.2, 0) is 32.0 Å². The number of fused-ring (bicyclic) bond motifs is 1. The fourth-order valence-electron chi connectivity index (χ4n) is 3.72. The van der Waals surface area contributed by atoms with E-state index in [2.05, 4.69) is 28.2 Å². The second kappa shape index (κ2) is 12.1. The van der Waals surface area contributed by atoms with Gasteiger partial charge in [-0.3, -0.25) is 14.4 Å². The van der Waals surface area contributed by atoms with Crippen molar-refractivity contribution in [2.75, 3.05) is 0 Å². The van der Waals surface area contributed by atoms with Crippen LogP contribution in [0.15, 0.2) is 60.8 Å². The predicted molar refractivity (Wildman–Crippen MR) is 133 cm³/mol. The number of rotatable bonds is 12. The summed E-state index contributed by atoms with van der Waals surface area (Å²) < 4.78 is 0. The molecule has 1 unspecified atom stereocenters. The Morgan fingerprint density at radius 2 is 1.54 bits per heavy atom. The lowest BCUT2D eigenvalue weighted by molar-refractivity contribution is -0.143. The zero-order valence-corrected chi connectivity index (χ0v) is 19.7. The maximum Gasteiger partial charge on any atom is 0.326 e. The van der Waals surface area contributed by atoms with Crippen molar-refractivity contribution in [1.82, 2.24) is 15.6 Å². The molecule has 1 heterocycles. The highest BCUT2D eigenvalue weighted by atomic mass is 32.1. The van der Waals surface area contributed by atoms with Gasteiger partial charge in [0.2, 0.25) is 11.8 Å². The zero-order valence-electron chi connectivity index (χ0n) is 18.8. The van der Waals surface area contributed by atoms with Crippen molar-refractivity contribution in [3.63, 3.8) is 0 Å². The van der Waals surface area contributed by atoms with Gasteiger partial charge in [0.05, 0.1) is 11.7 Å². The quantitative estimate of drug-likeness (QED) is 0.211. The van der Waals surface area contributed by atoms with Crippen LogP contribution in [0.1, 0.15) is 24.0 Å². The van der Waals surface area contributed by atoms with E-state index in [-0.39, 0.29) is 6.42 Å². The van der Waals surface area contributed by atoms with Crippen LogP contribution in [0, 0.1) is 0 Å². The molecule has 2 amide bonds. The number of carboxylic acid groups (broad SMARTS) is 2. The standard InChI is InChI=1S/C25H27N3O6S/c29-22(30)13-19(27-24(32)21(35)11-10-15-6-2-1-3-7-15)23(31)28-20(25(33)34)12-16-14-26-18-9-5-4-8-17(16)18/h1-9,14,19-21,26,35H,10-13H2,(H,27,32)(H,28,31)(H,29,30)(H,33,34)/t19?,20-,21-/m0/s1. The number of benzene rings is 2. The van der Waals surface area contributed by atoms with E-state index >= 15 is 0 Å². The molecular formula is C25H27N3O6S. The third-order valence-corrected chi connectivity index (χ3v) is 6.07. The van der Waals surface area contributed by atoms with Crippen LogP contribution >= 0.6 is 12.6 Å². The third kappa shape index (κ3) is 7.35. The average molecular weight is 498 g/mol. The highest BCUT2D eigenvalue weighted by Gasteiger charge is 2.30. The average Bonchev–Trinajstić information content (AvgIpc) is 3.24. The normalized spacial score (nSPS) is 13.5. The van der Waals surface area contributed by atoms with Gasteiger partial charge in [0.1, 0.15) is 12.1 Å². The van der Waals surface area contributed by atoms with Gasteiger partial charge in [-0.15, -0.1) is 0 Å². The number of nitrogens with one attached hydrogen (secondary N) is 3. The first kappa shape index (κ1) is 25.8. The van der Waals surface area contributed by atoms with Gasteiger partial charge in [-0.25, -0.2) is 4.79 Å². The summed E-state index contributed by atoms with van der Waals surface area (Å²) in [5.41, 5.74) is 2.52. The van der Waals surface area contributed by atoms with Gasteiger partial charge in [0, 0.05) is 23.5 Å². The molecule has 3 atom stereocenters. The van der Waals surface area contributed by atoms with E-state index in [1.165, 1.54) is 0 Å². The van der Waals surface area contributed by atoms with Crippen molar-refractivity contribution < 1.29 is 29.4 Å². The zero-order chi connectivity index (χ0) is 25.4. The number of aryl methyl sites for hydroxylation is 1. The summed E-state index contributed by atoms with van der Waals surface area (Å²) in [6, 6.07) is 14.0. The molecule has 0 saturated heterocycles. The van der Waals surface area contributed by atoms with Crippen LogP contribution < -0.4 is 10.6 Å². The minimum Gasteiger partial charge on any atom is -0.481 e. The molecule has 0 aliphatic heterocycles. The molecule has 35 heavy (non-hydrogen) atoms. The Morgan fingerprint density at radius 1 is 0.886 bits per heavy atom. The summed E-state index contributed by atoms with van der Waals surface area (Å²) in [5.74, 6) is -4.08. The Morgan fingerprint density at radius 3 is 2.23 bits per heavy atom. The summed E-state index contributed by atoms with van der Waals surface area (Å²) in [5, 5.41) is 23.7. The number of thiol groups is 1. The third-order valence-electron chi connectivity index (χ3n) is 5.58. The Balaban J connectivity index is 1.65. The Kier molecular flexibility index (Phi) is 8.91. The van der Waals surface area contributed by atoms with Gasteiger partial charge in [0.25, 0.3) is 0 Å². The molecule has 184 valence electrons. The molecule has 10 heteroatoms. The summed E-state index contributed by atoms with van der Waals surface area (Å²) in [6.45, 7) is 0. The molecule has 0 saturated carbocycles. The Hall–Kier alpha value is -3.79. The van der Waals surface area contributed by atoms with E-state index in [1.807, 2.05) is 54.6 Å². The summed E-state index contributed by atoms with van der Waals surface area (Å²) in [7, 11) is 0. The number of hydrogen-bond donors (Lipinski definition) is 6. The number of H-pyrrole nitrogens is 1. The van der Waals surface area contributed by atoms with Gasteiger partial charge in [0.15, 0.2) is 0 Å². The number of aromatic nitrogens is 1. The molecule has 2 aromatic carbocycles. The fourth-order valence-corrected chi connectivity index (χ4v) is 3.93. The molecular weight excluding hydrogens is 470 g/mol. The number of hydrogen-bond acceptors (Lipinski definition) is 5. The van der Waals surface area contributed by atoms with Crippen molar-refractivity contribution in [2.24, 2.45) is 0 Å². The van der Waals surface area contributed by atoms with Gasteiger partial charge < -0.3 is 25.8 Å². The van der Waals surface area contributed by atoms with Gasteiger partial charge in [-0.1, -0.05) is 48.5 Å². The van der Waals surface area contributed by atoms with E-state index in [9.17, 15) is 29.4 Å². The predicted octanol–water partition coefficient (Wildman–Crippen LogP) is 2.17. The summed E-state index contributed by atoms with van der Waals surface area (Å²) >= 11 is 4.30. The van der Waals surface area contributed by atoms with E-state index in [0.717, 1.165) is 16.5 Å². The monoisotopic (exact) mass is 497 g/mol. The summed E-state index contributed by atoms with van der Waals surface area (Å²) in [6.07, 6.45) is 1.89. The maximum atomic E-state index is 12.8. The lowest BCUT2D eigenvalue weighted by Gasteiger charge is -2.22. The second-order valence-corrected chi connectivity index (χ2v) is 8.79. The largest absolute Gasteiger partial charge is 0.481 e. The molecule has 3 rings (SSSR count). The molecule has 9 nitrogen and oxygen atoms in total. The van der Waals surface area contributed by atoms with Crippen LogP contribution in [0.25, 0.3) is 10.9 Å². The Labute approximate surface area is 207 Å². The van der Waals surface area contributed by atoms with Crippen molar-refractivity contribution in [1.29, 1.82) is 0 Å². The molecule has 0 fully saturated rings. The number of aromatic amines is 1. The topological polar surface area (TPSA) is 149 Å². The van der Waals surface area contributed by atoms with Crippen LogP contribution in [0.3, 0.4) is 0 Å². The molecule has 1 aromatic heterocycles. The number of para-hydroxylation sites is 1. The van der Waals surface area contributed by atoms with Gasteiger partial charge in [-0.2, -0.15) is 12.6 Å². The first-order valence-electron chi connectivity index (χ1n) is 11.1. The SMILES string of the molecule is O=C(O)CC(NC(=O)[C@@H](S)CCc1ccccc1)C(=O)N[C@@H](Cc1c[nH]c2ccccc12)C(=O)O. The van der Waals surface area contributed by atoms with Gasteiger partial charge >= 0.3 is 11.9 Å². The van der Waals surface area contributed by atoms with E-state index < -0.39 is 47.5 Å². The highest BCUT2D eigenvalue weighted by Crippen LogP contribution is 2.19. The van der Waals surface area contributed by atoms with Crippen molar-refractivity contribution in [3.05, 3.63) is 71.9 Å². The lowest BCUT2D eigenvalue weighted by Crippen LogP contribution is -2.54. The molecule has 0 spiro atoms. The maximum absolute atomic E-state index is 12.8. The molecule has 0 aliphatic rings. The van der Waals surface area contributed by atoms with Crippen molar-refractivity contribution in [3.8, 4) is 0 Å². The molecule has 0 bridgehead atoms. The van der Waals surface area contributed by atoms with Crippen molar-refractivity contribution in [2.45, 2.75) is 43.0 Å². The smallest absolute Gasteiger partial charge is 0.326 e. The number of carboxylic acids is 2. The second-order valence-electron chi connectivity index (χ2n) is 8.16. The molecule has 3 aromatic rings. The van der Waals surface area contributed by atoms with Crippen molar-refractivity contribution >= 4 is 47.3 Å². The molecule has 0 aliphatic carbocycles. The van der Waals surface area contributed by atoms with Crippen LogP contribution in [0.5, 0.6) is 0 Å². The minimum atomic E-state index is -1.45. The lowest BCUT2D eigenvalue weighted by atomic mass is 10.0. The number of aliphatic carboxylic acids is 2. The molecule has 5 N–H and O–H groups in total. The van der Waals surface area contributed by atoms with Gasteiger partial charge in [-0.05, 0) is 30.0 Å². The van der Waals surface area contributed by atoms with E-state index in [0.29, 0.717) is 18.4 Å². The highest BCUT2D eigenvalue weighted by molar-refractivity contribution is 7.81. The summed E-state index contributed by atoms with van der Waals surface area (Å²) in [4.78, 5) is 51.7. The minimum absolute atomic E-state index is 0.0227. The first-order valence-corrected chi connectivity index (χ1v) is 11.6. The fraction of sp³-hybridized carbons (Fsp3) is 0.280. The Bertz CT molecular complexity index is 1200. The number of amides is 2. The number of carbonyl (C=O) groups excluding carboxylic acids is 2. The van der Waals surface area contributed by atoms with E-state index in [1.54, 1.807) is 6.20 Å². The first-order chi connectivity index (χ1) is 16.7.